The number of carboxylic acids is 1. The van der Waals surface area contributed by atoms with Crippen molar-refractivity contribution < 1.29 is 9.90 Å². The van der Waals surface area contributed by atoms with Gasteiger partial charge in [0, 0.05) is 0 Å². The van der Waals surface area contributed by atoms with Crippen LogP contribution in [0.2, 0.25) is 0 Å². The lowest BCUT2D eigenvalue weighted by molar-refractivity contribution is 0.0690. The van der Waals surface area contributed by atoms with Crippen LogP contribution in [0.5, 0.6) is 0 Å². The summed E-state index contributed by atoms with van der Waals surface area (Å²) in [6.45, 7) is 1.46. The van der Waals surface area contributed by atoms with Crippen molar-refractivity contribution in [3.05, 3.63) is 22.5 Å². The van der Waals surface area contributed by atoms with Crippen molar-refractivity contribution in [1.29, 1.82) is 10.5 Å². The lowest BCUT2D eigenvalue weighted by atomic mass is 10.1. The predicted octanol–water partition coefficient (Wildman–Crippen LogP) is 0.414. The molecule has 0 aromatic carbocycles. The highest BCUT2D eigenvalue weighted by atomic mass is 16.4. The second-order valence-electron chi connectivity index (χ2n) is 2.74. The Balaban J connectivity index is 3.70. The molecule has 0 atom stereocenters. The Morgan fingerprint density at radius 1 is 1.40 bits per heavy atom. The predicted molar refractivity (Wildman–Crippen MR) is 49.8 cm³/mol. The Labute approximate surface area is 85.2 Å². The van der Waals surface area contributed by atoms with Gasteiger partial charge in [0.05, 0.1) is 16.9 Å². The van der Waals surface area contributed by atoms with Crippen LogP contribution >= 0.6 is 0 Å². The number of nitriles is 2. The van der Waals surface area contributed by atoms with Crippen LogP contribution in [0.4, 0.5) is 5.69 Å². The average Bonchev–Trinajstić information content (AvgIpc) is 2.17. The van der Waals surface area contributed by atoms with Crippen molar-refractivity contribution in [2.45, 2.75) is 6.92 Å². The van der Waals surface area contributed by atoms with E-state index in [-0.39, 0.29) is 22.5 Å². The SMILES string of the molecule is Cc1nc(C(=O)O)c(C#N)c(N)c1C#N. The number of hydrogen-bond donors (Lipinski definition) is 2. The zero-order valence-corrected chi connectivity index (χ0v) is 7.77. The molecular formula is C9H6N4O2. The Kier molecular flexibility index (Phi) is 2.54. The number of aryl methyl sites for hydroxylation is 1. The topological polar surface area (TPSA) is 124 Å². The van der Waals surface area contributed by atoms with Crippen LogP contribution < -0.4 is 5.73 Å². The molecule has 0 aliphatic rings. The molecule has 15 heavy (non-hydrogen) atoms. The first-order chi connectivity index (χ1) is 7.02. The number of nitrogens with zero attached hydrogens (tertiary/aromatic N) is 3. The summed E-state index contributed by atoms with van der Waals surface area (Å²) in [5, 5.41) is 26.2. The van der Waals surface area contributed by atoms with E-state index in [1.165, 1.54) is 6.92 Å². The Morgan fingerprint density at radius 3 is 2.33 bits per heavy atom. The Bertz CT molecular complexity index is 522. The van der Waals surface area contributed by atoms with Crippen molar-refractivity contribution in [2.24, 2.45) is 0 Å². The van der Waals surface area contributed by atoms with E-state index in [9.17, 15) is 4.79 Å². The zero-order valence-electron chi connectivity index (χ0n) is 7.77. The van der Waals surface area contributed by atoms with Crippen molar-refractivity contribution in [1.82, 2.24) is 4.98 Å². The summed E-state index contributed by atoms with van der Waals surface area (Å²) in [5.74, 6) is -1.34. The van der Waals surface area contributed by atoms with Crippen molar-refractivity contribution in [2.75, 3.05) is 5.73 Å². The van der Waals surface area contributed by atoms with Crippen molar-refractivity contribution in [3.63, 3.8) is 0 Å². The number of nitrogens with two attached hydrogens (primary N) is 1. The number of aromatic nitrogens is 1. The zero-order chi connectivity index (χ0) is 11.6. The van der Waals surface area contributed by atoms with E-state index in [4.69, 9.17) is 21.4 Å². The molecule has 0 amide bonds. The van der Waals surface area contributed by atoms with Crippen molar-refractivity contribution >= 4 is 11.7 Å². The van der Waals surface area contributed by atoms with Gasteiger partial charge in [-0.2, -0.15) is 10.5 Å². The molecule has 1 aromatic heterocycles. The molecule has 1 aromatic rings. The molecule has 0 spiro atoms. The number of nitrogen functional groups attached to an aromatic ring is 1. The molecule has 1 heterocycles. The molecule has 0 fully saturated rings. The maximum Gasteiger partial charge on any atom is 0.355 e. The third kappa shape index (κ3) is 1.56. The largest absolute Gasteiger partial charge is 0.476 e. The molecule has 0 bridgehead atoms. The quantitative estimate of drug-likeness (QED) is 0.679. The molecule has 74 valence electrons. The first-order valence-corrected chi connectivity index (χ1v) is 3.86. The highest BCUT2D eigenvalue weighted by Gasteiger charge is 2.19. The third-order valence-corrected chi connectivity index (χ3v) is 1.84. The van der Waals surface area contributed by atoms with Gasteiger partial charge in [0.25, 0.3) is 0 Å². The second kappa shape index (κ2) is 3.64. The molecule has 0 saturated carbocycles. The molecule has 0 saturated heterocycles. The molecule has 0 aliphatic heterocycles. The van der Waals surface area contributed by atoms with Gasteiger partial charge in [0.1, 0.15) is 17.7 Å². The minimum absolute atomic E-state index is 0.0385. The van der Waals surface area contributed by atoms with E-state index < -0.39 is 11.7 Å². The molecule has 0 unspecified atom stereocenters. The van der Waals surface area contributed by atoms with E-state index >= 15 is 0 Å². The Morgan fingerprint density at radius 2 is 1.93 bits per heavy atom. The number of anilines is 1. The average molecular weight is 202 g/mol. The normalized spacial score (nSPS) is 9.00. The third-order valence-electron chi connectivity index (χ3n) is 1.84. The van der Waals surface area contributed by atoms with E-state index in [1.807, 2.05) is 0 Å². The number of hydrogen-bond acceptors (Lipinski definition) is 5. The first kappa shape index (κ1) is 10.5. The first-order valence-electron chi connectivity index (χ1n) is 3.86. The molecule has 1 rings (SSSR count). The number of carboxylic acid groups (broad SMARTS) is 1. The minimum Gasteiger partial charge on any atom is -0.476 e. The maximum atomic E-state index is 10.7. The fraction of sp³-hybridized carbons (Fsp3) is 0.111. The van der Waals surface area contributed by atoms with Gasteiger partial charge in [-0.05, 0) is 6.92 Å². The summed E-state index contributed by atoms with van der Waals surface area (Å²) in [5.41, 5.74) is 4.90. The Hall–Kier alpha value is -2.60. The molecular weight excluding hydrogens is 196 g/mol. The summed E-state index contributed by atoms with van der Waals surface area (Å²) < 4.78 is 0. The summed E-state index contributed by atoms with van der Waals surface area (Å²) >= 11 is 0. The van der Waals surface area contributed by atoms with Gasteiger partial charge in [-0.15, -0.1) is 0 Å². The minimum atomic E-state index is -1.34. The molecule has 6 heteroatoms. The highest BCUT2D eigenvalue weighted by molar-refractivity contribution is 5.91. The van der Waals surface area contributed by atoms with E-state index in [2.05, 4.69) is 4.98 Å². The fourth-order valence-electron chi connectivity index (χ4n) is 1.14. The van der Waals surface area contributed by atoms with Crippen LogP contribution in [0.25, 0.3) is 0 Å². The second-order valence-corrected chi connectivity index (χ2v) is 2.74. The maximum absolute atomic E-state index is 10.7. The van der Waals surface area contributed by atoms with E-state index in [0.29, 0.717) is 0 Å². The van der Waals surface area contributed by atoms with E-state index in [1.54, 1.807) is 12.1 Å². The van der Waals surface area contributed by atoms with Crippen molar-refractivity contribution in [3.8, 4) is 12.1 Å². The summed E-state index contributed by atoms with van der Waals surface area (Å²) in [7, 11) is 0. The number of aromatic carboxylic acids is 1. The van der Waals surface area contributed by atoms with Gasteiger partial charge in [0.2, 0.25) is 0 Å². The molecule has 3 N–H and O–H groups in total. The molecule has 0 aliphatic carbocycles. The lowest BCUT2D eigenvalue weighted by Crippen LogP contribution is -2.10. The summed E-state index contributed by atoms with van der Waals surface area (Å²) in [6.07, 6.45) is 0. The van der Waals surface area contributed by atoms with Gasteiger partial charge >= 0.3 is 5.97 Å². The van der Waals surface area contributed by atoms with E-state index in [0.717, 1.165) is 0 Å². The van der Waals surface area contributed by atoms with Crippen LogP contribution in [0, 0.1) is 29.6 Å². The fourth-order valence-corrected chi connectivity index (χ4v) is 1.14. The van der Waals surface area contributed by atoms with Crippen LogP contribution in [-0.4, -0.2) is 16.1 Å². The van der Waals surface area contributed by atoms with Gasteiger partial charge in [-0.3, -0.25) is 0 Å². The highest BCUT2D eigenvalue weighted by Crippen LogP contribution is 2.21. The summed E-state index contributed by atoms with van der Waals surface area (Å²) in [4.78, 5) is 14.4. The van der Waals surface area contributed by atoms with Crippen LogP contribution in [0.3, 0.4) is 0 Å². The molecule has 0 radical (unpaired) electrons. The van der Waals surface area contributed by atoms with Crippen LogP contribution in [-0.2, 0) is 0 Å². The van der Waals surface area contributed by atoms with Gasteiger partial charge in [0.15, 0.2) is 5.69 Å². The monoisotopic (exact) mass is 202 g/mol. The van der Waals surface area contributed by atoms with Crippen LogP contribution in [0.15, 0.2) is 0 Å². The van der Waals surface area contributed by atoms with Crippen LogP contribution in [0.1, 0.15) is 27.3 Å². The van der Waals surface area contributed by atoms with Gasteiger partial charge in [-0.25, -0.2) is 9.78 Å². The number of pyridine rings is 1. The number of rotatable bonds is 1. The molecule has 6 nitrogen and oxygen atoms in total. The standard InChI is InChI=1S/C9H6N4O2/c1-4-5(2-10)7(12)6(3-11)8(13-4)9(14)15/h1H3,(H2,12,13)(H,14,15). The van der Waals surface area contributed by atoms with Gasteiger partial charge < -0.3 is 10.8 Å². The smallest absolute Gasteiger partial charge is 0.355 e. The van der Waals surface area contributed by atoms with Gasteiger partial charge in [-0.1, -0.05) is 0 Å². The lowest BCUT2D eigenvalue weighted by Gasteiger charge is -2.05. The number of carbonyl (C=O) groups is 1. The summed E-state index contributed by atoms with van der Waals surface area (Å²) in [6, 6.07) is 3.40.